The van der Waals surface area contributed by atoms with Crippen LogP contribution in [0.1, 0.15) is 28.7 Å². The second-order valence-electron chi connectivity index (χ2n) is 6.01. The first-order chi connectivity index (χ1) is 11.3. The van der Waals surface area contributed by atoms with E-state index < -0.39 is 0 Å². The van der Waals surface area contributed by atoms with Gasteiger partial charge in [-0.05, 0) is 62.6 Å². The van der Waals surface area contributed by atoms with Crippen LogP contribution in [-0.4, -0.2) is 11.8 Å². The van der Waals surface area contributed by atoms with Gasteiger partial charge in [0, 0.05) is 16.4 Å². The molecule has 0 spiro atoms. The number of benzene rings is 2. The van der Waals surface area contributed by atoms with Gasteiger partial charge < -0.3 is 10.6 Å². The number of anilines is 2. The first-order valence-corrected chi connectivity index (χ1v) is 8.08. The van der Waals surface area contributed by atoms with Crippen molar-refractivity contribution in [3.05, 3.63) is 57.6 Å². The molecule has 126 valence electrons. The zero-order chi connectivity index (χ0) is 17.9. The van der Waals surface area contributed by atoms with Gasteiger partial charge in [0.25, 0.3) is 0 Å². The summed E-state index contributed by atoms with van der Waals surface area (Å²) in [7, 11) is 0. The highest BCUT2D eigenvalue weighted by Gasteiger charge is 2.13. The lowest BCUT2D eigenvalue weighted by Crippen LogP contribution is -2.22. The Hall–Kier alpha value is -2.33. The number of aryl methyl sites for hydroxylation is 4. The van der Waals surface area contributed by atoms with E-state index in [-0.39, 0.29) is 18.2 Å². The predicted molar refractivity (Wildman–Crippen MR) is 98.7 cm³/mol. The molecule has 0 aliphatic carbocycles. The standard InChI is InChI=1S/C19H21ClN2O2/c1-11-7-13(3)19(14(4)8-11)22-18(24)10-17(23)21-16-6-5-15(20)9-12(16)2/h5-9H,10H2,1-4H3,(H,21,23)(H,22,24). The van der Waals surface area contributed by atoms with E-state index in [4.69, 9.17) is 11.6 Å². The van der Waals surface area contributed by atoms with Crippen LogP contribution in [0.4, 0.5) is 11.4 Å². The van der Waals surface area contributed by atoms with Crippen molar-refractivity contribution in [1.82, 2.24) is 0 Å². The topological polar surface area (TPSA) is 58.2 Å². The number of carbonyl (C=O) groups excluding carboxylic acids is 2. The fourth-order valence-electron chi connectivity index (χ4n) is 2.67. The molecule has 0 radical (unpaired) electrons. The van der Waals surface area contributed by atoms with Crippen LogP contribution in [0, 0.1) is 27.7 Å². The quantitative estimate of drug-likeness (QED) is 0.800. The maximum atomic E-state index is 12.1. The van der Waals surface area contributed by atoms with Crippen LogP contribution in [-0.2, 0) is 9.59 Å². The first-order valence-electron chi connectivity index (χ1n) is 7.70. The van der Waals surface area contributed by atoms with E-state index >= 15 is 0 Å². The molecule has 0 fully saturated rings. The van der Waals surface area contributed by atoms with Crippen LogP contribution in [0.5, 0.6) is 0 Å². The molecule has 2 aromatic rings. The second-order valence-corrected chi connectivity index (χ2v) is 6.44. The molecule has 0 unspecified atom stereocenters. The van der Waals surface area contributed by atoms with Gasteiger partial charge in [-0.1, -0.05) is 29.3 Å². The van der Waals surface area contributed by atoms with Crippen LogP contribution in [0.3, 0.4) is 0 Å². The normalized spacial score (nSPS) is 10.4. The summed E-state index contributed by atoms with van der Waals surface area (Å²) >= 11 is 5.89. The molecular formula is C19H21ClN2O2. The number of hydrogen-bond donors (Lipinski definition) is 2. The number of carbonyl (C=O) groups is 2. The smallest absolute Gasteiger partial charge is 0.233 e. The highest BCUT2D eigenvalue weighted by molar-refractivity contribution is 6.30. The summed E-state index contributed by atoms with van der Waals surface area (Å²) < 4.78 is 0. The van der Waals surface area contributed by atoms with E-state index in [1.807, 2.05) is 39.8 Å². The molecule has 2 amide bonds. The van der Waals surface area contributed by atoms with Gasteiger partial charge in [-0.2, -0.15) is 0 Å². The Kier molecular flexibility index (Phi) is 5.62. The molecule has 0 aromatic heterocycles. The Balaban J connectivity index is 2.01. The summed E-state index contributed by atoms with van der Waals surface area (Å²) in [5.74, 6) is -0.700. The van der Waals surface area contributed by atoms with Crippen molar-refractivity contribution in [3.8, 4) is 0 Å². The highest BCUT2D eigenvalue weighted by Crippen LogP contribution is 2.22. The van der Waals surface area contributed by atoms with Crippen molar-refractivity contribution >= 4 is 34.8 Å². The zero-order valence-corrected chi connectivity index (χ0v) is 15.0. The van der Waals surface area contributed by atoms with Gasteiger partial charge in [-0.3, -0.25) is 9.59 Å². The molecular weight excluding hydrogens is 324 g/mol. The fraction of sp³-hybridized carbons (Fsp3) is 0.263. The molecule has 0 atom stereocenters. The van der Waals surface area contributed by atoms with Gasteiger partial charge >= 0.3 is 0 Å². The summed E-state index contributed by atoms with van der Waals surface area (Å²) in [6, 6.07) is 9.18. The summed E-state index contributed by atoms with van der Waals surface area (Å²) in [6.45, 7) is 7.73. The van der Waals surface area contributed by atoms with E-state index in [1.165, 1.54) is 0 Å². The SMILES string of the molecule is Cc1cc(C)c(NC(=O)CC(=O)Nc2ccc(Cl)cc2C)c(C)c1. The number of halogens is 1. The fourth-order valence-corrected chi connectivity index (χ4v) is 2.90. The van der Waals surface area contributed by atoms with Crippen molar-refractivity contribution in [3.63, 3.8) is 0 Å². The van der Waals surface area contributed by atoms with Gasteiger partial charge in [0.2, 0.25) is 11.8 Å². The maximum absolute atomic E-state index is 12.1. The van der Waals surface area contributed by atoms with Crippen LogP contribution in [0.15, 0.2) is 30.3 Å². The van der Waals surface area contributed by atoms with Crippen molar-refractivity contribution in [2.75, 3.05) is 10.6 Å². The lowest BCUT2D eigenvalue weighted by molar-refractivity contribution is -0.123. The first kappa shape index (κ1) is 18.0. The van der Waals surface area contributed by atoms with E-state index in [0.29, 0.717) is 10.7 Å². The zero-order valence-electron chi connectivity index (χ0n) is 14.3. The van der Waals surface area contributed by atoms with Crippen molar-refractivity contribution in [2.45, 2.75) is 34.1 Å². The van der Waals surface area contributed by atoms with Crippen LogP contribution < -0.4 is 10.6 Å². The molecule has 0 saturated carbocycles. The van der Waals surface area contributed by atoms with Gasteiger partial charge in [-0.15, -0.1) is 0 Å². The monoisotopic (exact) mass is 344 g/mol. The highest BCUT2D eigenvalue weighted by atomic mass is 35.5. The lowest BCUT2D eigenvalue weighted by Gasteiger charge is -2.13. The largest absolute Gasteiger partial charge is 0.325 e. The van der Waals surface area contributed by atoms with Crippen LogP contribution >= 0.6 is 11.6 Å². The molecule has 5 heteroatoms. The third-order valence-corrected chi connectivity index (χ3v) is 3.96. The Morgan fingerprint density at radius 3 is 2.04 bits per heavy atom. The van der Waals surface area contributed by atoms with Crippen molar-refractivity contribution < 1.29 is 9.59 Å². The van der Waals surface area contributed by atoms with Crippen LogP contribution in [0.2, 0.25) is 5.02 Å². The molecule has 0 aliphatic rings. The van der Waals surface area contributed by atoms with Gasteiger partial charge in [0.15, 0.2) is 0 Å². The van der Waals surface area contributed by atoms with Gasteiger partial charge in [0.1, 0.15) is 6.42 Å². The molecule has 0 bridgehead atoms. The van der Waals surface area contributed by atoms with Gasteiger partial charge in [0.05, 0.1) is 0 Å². The van der Waals surface area contributed by atoms with E-state index in [9.17, 15) is 9.59 Å². The minimum absolute atomic E-state index is 0.241. The Morgan fingerprint density at radius 1 is 0.875 bits per heavy atom. The predicted octanol–water partition coefficient (Wildman–Crippen LogP) is 4.54. The van der Waals surface area contributed by atoms with E-state index in [0.717, 1.165) is 27.9 Å². The Morgan fingerprint density at radius 2 is 1.46 bits per heavy atom. The molecule has 0 aliphatic heterocycles. The number of nitrogens with one attached hydrogen (secondary N) is 2. The molecule has 0 heterocycles. The second kappa shape index (κ2) is 7.49. The number of hydrogen-bond acceptors (Lipinski definition) is 2. The van der Waals surface area contributed by atoms with Crippen molar-refractivity contribution in [1.29, 1.82) is 0 Å². The number of amides is 2. The summed E-state index contributed by atoms with van der Waals surface area (Å²) in [6.07, 6.45) is -0.241. The summed E-state index contributed by atoms with van der Waals surface area (Å²) in [5.41, 5.74) is 5.37. The Labute approximate surface area is 147 Å². The molecule has 24 heavy (non-hydrogen) atoms. The molecule has 0 saturated heterocycles. The molecule has 2 rings (SSSR count). The lowest BCUT2D eigenvalue weighted by atomic mass is 10.0. The Bertz CT molecular complexity index is 777. The average Bonchev–Trinajstić information content (AvgIpc) is 2.45. The van der Waals surface area contributed by atoms with Gasteiger partial charge in [-0.25, -0.2) is 0 Å². The molecule has 2 N–H and O–H groups in total. The van der Waals surface area contributed by atoms with Crippen LogP contribution in [0.25, 0.3) is 0 Å². The average molecular weight is 345 g/mol. The van der Waals surface area contributed by atoms with E-state index in [1.54, 1.807) is 18.2 Å². The molecule has 4 nitrogen and oxygen atoms in total. The summed E-state index contributed by atoms with van der Waals surface area (Å²) in [5, 5.41) is 6.16. The molecule has 2 aromatic carbocycles. The van der Waals surface area contributed by atoms with E-state index in [2.05, 4.69) is 10.6 Å². The maximum Gasteiger partial charge on any atom is 0.233 e. The minimum atomic E-state index is -0.361. The van der Waals surface area contributed by atoms with Crippen molar-refractivity contribution in [2.24, 2.45) is 0 Å². The third-order valence-electron chi connectivity index (χ3n) is 3.73. The summed E-state index contributed by atoms with van der Waals surface area (Å²) in [4.78, 5) is 24.2. The minimum Gasteiger partial charge on any atom is -0.325 e. The third kappa shape index (κ3) is 4.59. The number of rotatable bonds is 4.